The van der Waals surface area contributed by atoms with Crippen LogP contribution in [0.15, 0.2) is 18.2 Å². The number of nitriles is 1. The third kappa shape index (κ3) is 2.97. The number of nitrogens with zero attached hydrogens (tertiary/aromatic N) is 1. The van der Waals surface area contributed by atoms with Crippen molar-refractivity contribution in [3.63, 3.8) is 0 Å². The minimum atomic E-state index is 0.390. The van der Waals surface area contributed by atoms with Crippen LogP contribution in [-0.4, -0.2) is 6.04 Å². The SMILES string of the molecule is CC1(C)CCCC(Nc2cccc(Cl)c2C#N)C1. The summed E-state index contributed by atoms with van der Waals surface area (Å²) in [4.78, 5) is 0. The van der Waals surface area contributed by atoms with Gasteiger partial charge in [0.1, 0.15) is 6.07 Å². The van der Waals surface area contributed by atoms with Crippen molar-refractivity contribution in [2.45, 2.75) is 45.6 Å². The van der Waals surface area contributed by atoms with E-state index < -0.39 is 0 Å². The molecule has 1 aliphatic carbocycles. The topological polar surface area (TPSA) is 35.8 Å². The highest BCUT2D eigenvalue weighted by atomic mass is 35.5. The van der Waals surface area contributed by atoms with E-state index in [0.717, 1.165) is 12.1 Å². The second kappa shape index (κ2) is 5.20. The minimum absolute atomic E-state index is 0.390. The largest absolute Gasteiger partial charge is 0.381 e. The van der Waals surface area contributed by atoms with Gasteiger partial charge in [0.2, 0.25) is 0 Å². The Balaban J connectivity index is 2.15. The molecule has 1 fully saturated rings. The smallest absolute Gasteiger partial charge is 0.103 e. The Kier molecular flexibility index (Phi) is 3.82. The Bertz CT molecular complexity index is 474. The van der Waals surface area contributed by atoms with E-state index in [1.54, 1.807) is 6.07 Å². The van der Waals surface area contributed by atoms with Crippen molar-refractivity contribution in [1.29, 1.82) is 5.26 Å². The third-order valence-corrected chi connectivity index (χ3v) is 4.01. The van der Waals surface area contributed by atoms with Gasteiger partial charge in [0, 0.05) is 6.04 Å². The Morgan fingerprint density at radius 1 is 1.44 bits per heavy atom. The summed E-state index contributed by atoms with van der Waals surface area (Å²) in [5.74, 6) is 0. The molecule has 0 spiro atoms. The maximum atomic E-state index is 9.16. The van der Waals surface area contributed by atoms with Crippen molar-refractivity contribution in [2.75, 3.05) is 5.32 Å². The Labute approximate surface area is 114 Å². The molecule has 0 radical (unpaired) electrons. The van der Waals surface area contributed by atoms with Gasteiger partial charge in [0.25, 0.3) is 0 Å². The molecule has 2 nitrogen and oxygen atoms in total. The molecule has 18 heavy (non-hydrogen) atoms. The molecule has 1 atom stereocenters. The van der Waals surface area contributed by atoms with E-state index in [-0.39, 0.29) is 0 Å². The molecule has 1 saturated carbocycles. The minimum Gasteiger partial charge on any atom is -0.381 e. The molecular weight excluding hydrogens is 244 g/mol. The molecule has 0 saturated heterocycles. The van der Waals surface area contributed by atoms with E-state index in [0.29, 0.717) is 22.0 Å². The molecule has 0 aromatic heterocycles. The van der Waals surface area contributed by atoms with Crippen molar-refractivity contribution in [3.8, 4) is 6.07 Å². The lowest BCUT2D eigenvalue weighted by Crippen LogP contribution is -2.31. The van der Waals surface area contributed by atoms with Gasteiger partial charge in [-0.15, -0.1) is 0 Å². The molecule has 3 heteroatoms. The Hall–Kier alpha value is -1.20. The number of benzene rings is 1. The van der Waals surface area contributed by atoms with Crippen LogP contribution in [0.1, 0.15) is 45.1 Å². The van der Waals surface area contributed by atoms with Gasteiger partial charge in [-0.3, -0.25) is 0 Å². The molecule has 1 aromatic rings. The third-order valence-electron chi connectivity index (χ3n) is 3.69. The fourth-order valence-electron chi connectivity index (χ4n) is 2.80. The molecule has 2 rings (SSSR count). The number of anilines is 1. The lowest BCUT2D eigenvalue weighted by atomic mass is 9.75. The predicted molar refractivity (Wildman–Crippen MR) is 75.8 cm³/mol. The summed E-state index contributed by atoms with van der Waals surface area (Å²) < 4.78 is 0. The van der Waals surface area contributed by atoms with Gasteiger partial charge in [0.15, 0.2) is 0 Å². The number of hydrogen-bond acceptors (Lipinski definition) is 2. The molecule has 1 N–H and O–H groups in total. The second-order valence-corrected chi connectivity index (χ2v) is 6.28. The lowest BCUT2D eigenvalue weighted by molar-refractivity contribution is 0.229. The quantitative estimate of drug-likeness (QED) is 0.846. The van der Waals surface area contributed by atoms with E-state index in [4.69, 9.17) is 16.9 Å². The monoisotopic (exact) mass is 262 g/mol. The van der Waals surface area contributed by atoms with Gasteiger partial charge in [-0.1, -0.05) is 37.9 Å². The van der Waals surface area contributed by atoms with Crippen molar-refractivity contribution in [2.24, 2.45) is 5.41 Å². The van der Waals surface area contributed by atoms with E-state index in [9.17, 15) is 0 Å². The summed E-state index contributed by atoms with van der Waals surface area (Å²) in [6.45, 7) is 4.62. The van der Waals surface area contributed by atoms with Gasteiger partial charge >= 0.3 is 0 Å². The maximum Gasteiger partial charge on any atom is 0.103 e. The number of halogens is 1. The molecular formula is C15H19ClN2. The van der Waals surface area contributed by atoms with E-state index in [1.807, 2.05) is 12.1 Å². The van der Waals surface area contributed by atoms with Crippen LogP contribution in [0.5, 0.6) is 0 Å². The van der Waals surface area contributed by atoms with Crippen LogP contribution >= 0.6 is 11.6 Å². The zero-order valence-electron chi connectivity index (χ0n) is 11.0. The predicted octanol–water partition coefficient (Wildman–Crippen LogP) is 4.59. The summed E-state index contributed by atoms with van der Waals surface area (Å²) in [7, 11) is 0. The maximum absolute atomic E-state index is 9.16. The van der Waals surface area contributed by atoms with Crippen molar-refractivity contribution >= 4 is 17.3 Å². The number of rotatable bonds is 2. The molecule has 1 unspecified atom stereocenters. The summed E-state index contributed by atoms with van der Waals surface area (Å²) in [6.07, 6.45) is 4.84. The summed E-state index contributed by atoms with van der Waals surface area (Å²) in [5.41, 5.74) is 1.82. The molecule has 0 bridgehead atoms. The van der Waals surface area contributed by atoms with Crippen molar-refractivity contribution < 1.29 is 0 Å². The van der Waals surface area contributed by atoms with Gasteiger partial charge in [0.05, 0.1) is 16.3 Å². The normalized spacial score (nSPS) is 22.2. The molecule has 1 aliphatic rings. The zero-order valence-corrected chi connectivity index (χ0v) is 11.7. The highest BCUT2D eigenvalue weighted by Gasteiger charge is 2.28. The second-order valence-electron chi connectivity index (χ2n) is 5.88. The molecule has 1 aromatic carbocycles. The summed E-state index contributed by atoms with van der Waals surface area (Å²) in [6, 6.07) is 8.21. The Morgan fingerprint density at radius 3 is 2.89 bits per heavy atom. The van der Waals surface area contributed by atoms with Gasteiger partial charge in [-0.05, 0) is 36.8 Å². The first kappa shape index (κ1) is 13.2. The fraction of sp³-hybridized carbons (Fsp3) is 0.533. The fourth-order valence-corrected chi connectivity index (χ4v) is 3.02. The molecule has 0 heterocycles. The van der Waals surface area contributed by atoms with E-state index >= 15 is 0 Å². The standard InChI is InChI=1S/C15H19ClN2/c1-15(2)8-4-5-11(9-15)18-14-7-3-6-13(16)12(14)10-17/h3,6-7,11,18H,4-5,8-9H2,1-2H3. The average molecular weight is 263 g/mol. The van der Waals surface area contributed by atoms with E-state index in [1.165, 1.54) is 19.3 Å². The van der Waals surface area contributed by atoms with Gasteiger partial charge in [-0.2, -0.15) is 5.26 Å². The van der Waals surface area contributed by atoms with Crippen LogP contribution in [0.25, 0.3) is 0 Å². The van der Waals surface area contributed by atoms with Crippen molar-refractivity contribution in [1.82, 2.24) is 0 Å². The van der Waals surface area contributed by atoms with Crippen LogP contribution in [0.2, 0.25) is 5.02 Å². The zero-order chi connectivity index (χ0) is 13.2. The lowest BCUT2D eigenvalue weighted by Gasteiger charge is -2.36. The van der Waals surface area contributed by atoms with Crippen molar-refractivity contribution in [3.05, 3.63) is 28.8 Å². The number of nitrogens with one attached hydrogen (secondary N) is 1. The molecule has 0 amide bonds. The summed E-state index contributed by atoms with van der Waals surface area (Å²) in [5, 5.41) is 13.2. The molecule has 96 valence electrons. The van der Waals surface area contributed by atoms with Crippen LogP contribution in [0, 0.1) is 16.7 Å². The van der Waals surface area contributed by atoms with Crippen LogP contribution < -0.4 is 5.32 Å². The van der Waals surface area contributed by atoms with Crippen LogP contribution in [0.4, 0.5) is 5.69 Å². The van der Waals surface area contributed by atoms with Crippen LogP contribution in [0.3, 0.4) is 0 Å². The van der Waals surface area contributed by atoms with Crippen LogP contribution in [-0.2, 0) is 0 Å². The number of hydrogen-bond donors (Lipinski definition) is 1. The summed E-state index contributed by atoms with van der Waals surface area (Å²) >= 11 is 6.04. The molecule has 0 aliphatic heterocycles. The highest BCUT2D eigenvalue weighted by Crippen LogP contribution is 2.37. The highest BCUT2D eigenvalue weighted by molar-refractivity contribution is 6.32. The van der Waals surface area contributed by atoms with Gasteiger partial charge < -0.3 is 5.32 Å². The first-order chi connectivity index (χ1) is 8.52. The Morgan fingerprint density at radius 2 is 2.22 bits per heavy atom. The average Bonchev–Trinajstić information content (AvgIpc) is 2.28. The van der Waals surface area contributed by atoms with Gasteiger partial charge in [-0.25, -0.2) is 0 Å². The van der Waals surface area contributed by atoms with E-state index in [2.05, 4.69) is 25.2 Å². The first-order valence-electron chi connectivity index (χ1n) is 6.47. The first-order valence-corrected chi connectivity index (χ1v) is 6.85.